The number of amides is 2. The summed E-state index contributed by atoms with van der Waals surface area (Å²) in [5.74, 6) is -2.22. The molecule has 2 aromatic carbocycles. The molecule has 0 radical (unpaired) electrons. The van der Waals surface area contributed by atoms with Crippen molar-refractivity contribution in [3.63, 3.8) is 0 Å². The zero-order chi connectivity index (χ0) is 27.4. The van der Waals surface area contributed by atoms with Gasteiger partial charge in [0.2, 0.25) is 11.8 Å². The van der Waals surface area contributed by atoms with E-state index < -0.39 is 33.7 Å². The third kappa shape index (κ3) is 5.42. The number of carboxylic acids is 1. The predicted octanol–water partition coefficient (Wildman–Crippen LogP) is 4.22. The lowest BCUT2D eigenvalue weighted by atomic mass is 9.77. The van der Waals surface area contributed by atoms with Crippen molar-refractivity contribution >= 4 is 52.7 Å². The van der Waals surface area contributed by atoms with Gasteiger partial charge in [0.05, 0.1) is 21.2 Å². The topological polar surface area (TPSA) is 150 Å². The van der Waals surface area contributed by atoms with E-state index in [0.717, 1.165) is 0 Å². The van der Waals surface area contributed by atoms with E-state index in [1.165, 1.54) is 40.6 Å². The first-order valence-corrected chi connectivity index (χ1v) is 13.9. The molecule has 0 bridgehead atoms. The zero-order valence-corrected chi connectivity index (χ0v) is 22.2. The molecule has 12 heteroatoms. The molecule has 3 atom stereocenters. The first-order valence-electron chi connectivity index (χ1n) is 12.1. The molecule has 10 nitrogen and oxygen atoms in total. The lowest BCUT2D eigenvalue weighted by molar-refractivity contribution is -0.384. The van der Waals surface area contributed by atoms with Crippen molar-refractivity contribution in [3.8, 4) is 0 Å². The van der Waals surface area contributed by atoms with Gasteiger partial charge in [0.1, 0.15) is 4.87 Å². The molecular formula is C26H27N3O7S2. The summed E-state index contributed by atoms with van der Waals surface area (Å²) < 4.78 is 0.446. The molecule has 1 saturated heterocycles. The number of aliphatic hydroxyl groups excluding tert-OH is 1. The minimum atomic E-state index is -1.25. The summed E-state index contributed by atoms with van der Waals surface area (Å²) in [7, 11) is 0. The smallest absolute Gasteiger partial charge is 0.354 e. The third-order valence-corrected chi connectivity index (χ3v) is 9.35. The van der Waals surface area contributed by atoms with Gasteiger partial charge in [0, 0.05) is 30.7 Å². The van der Waals surface area contributed by atoms with Crippen molar-refractivity contribution in [1.29, 1.82) is 0 Å². The van der Waals surface area contributed by atoms with Crippen LogP contribution in [0.25, 0.3) is 0 Å². The Hall–Kier alpha value is -3.35. The monoisotopic (exact) mass is 557 g/mol. The summed E-state index contributed by atoms with van der Waals surface area (Å²) in [6.45, 7) is 1.75. The van der Waals surface area contributed by atoms with Gasteiger partial charge in [0.15, 0.2) is 5.70 Å². The summed E-state index contributed by atoms with van der Waals surface area (Å²) in [5, 5.41) is 34.6. The van der Waals surface area contributed by atoms with E-state index in [1.54, 1.807) is 31.2 Å². The van der Waals surface area contributed by atoms with Gasteiger partial charge in [-0.15, -0.1) is 11.8 Å². The van der Waals surface area contributed by atoms with Gasteiger partial charge in [-0.3, -0.25) is 24.6 Å². The summed E-state index contributed by atoms with van der Waals surface area (Å²) in [5.41, 5.74) is 1.18. The van der Waals surface area contributed by atoms with Crippen LogP contribution in [0.4, 0.5) is 11.4 Å². The second-order valence-electron chi connectivity index (χ2n) is 8.98. The Morgan fingerprint density at radius 2 is 1.89 bits per heavy atom. The highest BCUT2D eigenvalue weighted by molar-refractivity contribution is 8.23. The number of nitro groups is 1. The molecule has 0 aromatic heterocycles. The van der Waals surface area contributed by atoms with Gasteiger partial charge in [-0.05, 0) is 36.3 Å². The van der Waals surface area contributed by atoms with Gasteiger partial charge < -0.3 is 15.5 Å². The fraction of sp³-hybridized carbons (Fsp3) is 0.346. The SMILES string of the molecule is CC[C@H](O)[C@@H]1C(=O)N2C(C(=O)O)=C(SCCCC(=O)Nc3ccccc3)S[C@]12Cc1ccc([N+](=O)[O-])cc1. The molecule has 200 valence electrons. The quantitative estimate of drug-likeness (QED) is 0.151. The normalized spacial score (nSPS) is 21.1. The van der Waals surface area contributed by atoms with Gasteiger partial charge in [-0.1, -0.05) is 49.0 Å². The number of carbonyl (C=O) groups excluding carboxylic acids is 2. The predicted molar refractivity (Wildman–Crippen MR) is 145 cm³/mol. The number of non-ortho nitro benzene ring substituents is 1. The zero-order valence-electron chi connectivity index (χ0n) is 20.5. The fourth-order valence-electron chi connectivity index (χ4n) is 4.68. The number of nitro benzene ring substituents is 1. The molecule has 0 unspecified atom stereocenters. The van der Waals surface area contributed by atoms with Crippen LogP contribution in [0.1, 0.15) is 31.7 Å². The number of thioether (sulfide) groups is 2. The highest BCUT2D eigenvalue weighted by Gasteiger charge is 2.68. The van der Waals surface area contributed by atoms with Crippen LogP contribution in [0.5, 0.6) is 0 Å². The maximum absolute atomic E-state index is 13.1. The van der Waals surface area contributed by atoms with Crippen LogP contribution in [-0.2, 0) is 20.8 Å². The number of nitrogens with one attached hydrogen (secondary N) is 1. The Morgan fingerprint density at radius 1 is 1.21 bits per heavy atom. The van der Waals surface area contributed by atoms with E-state index in [4.69, 9.17) is 0 Å². The Kier molecular flexibility index (Phi) is 8.44. The molecule has 38 heavy (non-hydrogen) atoms. The number of aliphatic hydroxyl groups is 1. The number of fused-ring (bicyclic) bond motifs is 1. The number of carbonyl (C=O) groups is 3. The number of aliphatic carboxylic acids is 1. The van der Waals surface area contributed by atoms with Gasteiger partial charge in [0.25, 0.3) is 5.69 Å². The molecule has 2 heterocycles. The fourth-order valence-corrected chi connectivity index (χ4v) is 7.88. The van der Waals surface area contributed by atoms with E-state index in [1.807, 2.05) is 18.2 Å². The second kappa shape index (κ2) is 11.6. The van der Waals surface area contributed by atoms with Crippen LogP contribution in [0, 0.1) is 16.0 Å². The first-order chi connectivity index (χ1) is 18.2. The average molecular weight is 558 g/mol. The van der Waals surface area contributed by atoms with Crippen molar-refractivity contribution < 1.29 is 29.5 Å². The number of benzene rings is 2. The van der Waals surface area contributed by atoms with Crippen molar-refractivity contribution in [3.05, 3.63) is 80.2 Å². The molecule has 2 aliphatic heterocycles. The molecule has 1 fully saturated rings. The Balaban J connectivity index is 1.49. The van der Waals surface area contributed by atoms with Crippen LogP contribution < -0.4 is 5.32 Å². The van der Waals surface area contributed by atoms with E-state index in [0.29, 0.717) is 34.1 Å². The van der Waals surface area contributed by atoms with Gasteiger partial charge in [-0.2, -0.15) is 0 Å². The van der Waals surface area contributed by atoms with Crippen LogP contribution in [0.3, 0.4) is 0 Å². The lowest BCUT2D eigenvalue weighted by Crippen LogP contribution is -2.71. The number of hydrogen-bond acceptors (Lipinski definition) is 8. The van der Waals surface area contributed by atoms with E-state index >= 15 is 0 Å². The number of anilines is 1. The molecule has 2 aromatic rings. The van der Waals surface area contributed by atoms with E-state index in [-0.39, 0.29) is 30.1 Å². The Bertz CT molecular complexity index is 1270. The first kappa shape index (κ1) is 27.7. The summed E-state index contributed by atoms with van der Waals surface area (Å²) in [6.07, 6.45) is 0.295. The standard InChI is InChI=1S/C26H27N3O7S2/c1-2-19(30)21-23(32)28-22(24(33)34)25(37-14-6-9-20(31)27-17-7-4-3-5-8-17)38-26(21,28)15-16-10-12-18(13-11-16)29(35)36/h3-5,7-8,10-13,19,21,30H,2,6,9,14-15H2,1H3,(H,27,31)(H,33,34)/t19-,21+,26+/m0/s1. The Morgan fingerprint density at radius 3 is 2.50 bits per heavy atom. The number of hydrogen-bond donors (Lipinski definition) is 3. The highest BCUT2D eigenvalue weighted by Crippen LogP contribution is 2.62. The summed E-state index contributed by atoms with van der Waals surface area (Å²) >= 11 is 2.51. The van der Waals surface area contributed by atoms with Crippen LogP contribution >= 0.6 is 23.5 Å². The highest BCUT2D eigenvalue weighted by atomic mass is 32.2. The molecule has 0 saturated carbocycles. The minimum Gasteiger partial charge on any atom is -0.477 e. The number of rotatable bonds is 12. The number of carboxylic acid groups (broad SMARTS) is 1. The van der Waals surface area contributed by atoms with Gasteiger partial charge >= 0.3 is 5.97 Å². The lowest BCUT2D eigenvalue weighted by Gasteiger charge is -2.54. The van der Waals surface area contributed by atoms with Crippen LogP contribution in [0.15, 0.2) is 64.5 Å². The summed E-state index contributed by atoms with van der Waals surface area (Å²) in [6, 6.07) is 15.0. The number of β-lactam (4-membered cyclic amide) rings is 1. The summed E-state index contributed by atoms with van der Waals surface area (Å²) in [4.78, 5) is 48.4. The minimum absolute atomic E-state index is 0.0751. The largest absolute Gasteiger partial charge is 0.477 e. The van der Waals surface area contributed by atoms with Crippen LogP contribution in [-0.4, -0.2) is 54.5 Å². The molecule has 3 N–H and O–H groups in total. The Labute approximate surface area is 227 Å². The van der Waals surface area contributed by atoms with Gasteiger partial charge in [-0.25, -0.2) is 4.79 Å². The molecule has 0 aliphatic carbocycles. The second-order valence-corrected chi connectivity index (χ2v) is 11.7. The average Bonchev–Trinajstić information content (AvgIpc) is 3.17. The maximum Gasteiger partial charge on any atom is 0.354 e. The molecule has 0 spiro atoms. The van der Waals surface area contributed by atoms with Crippen LogP contribution in [0.2, 0.25) is 0 Å². The van der Waals surface area contributed by atoms with E-state index in [2.05, 4.69) is 5.32 Å². The van der Waals surface area contributed by atoms with Crippen molar-refractivity contribution in [2.75, 3.05) is 11.1 Å². The molecular weight excluding hydrogens is 530 g/mol. The number of para-hydroxylation sites is 1. The number of nitrogens with zero attached hydrogens (tertiary/aromatic N) is 2. The molecule has 2 aliphatic rings. The van der Waals surface area contributed by atoms with E-state index in [9.17, 15) is 34.7 Å². The maximum atomic E-state index is 13.1. The molecule has 4 rings (SSSR count). The van der Waals surface area contributed by atoms with Crippen molar-refractivity contribution in [2.24, 2.45) is 5.92 Å². The van der Waals surface area contributed by atoms with Crippen molar-refractivity contribution in [2.45, 2.75) is 43.6 Å². The molecule has 2 amide bonds. The van der Waals surface area contributed by atoms with Crippen molar-refractivity contribution in [1.82, 2.24) is 4.90 Å². The third-order valence-electron chi connectivity index (χ3n) is 6.49.